The van der Waals surface area contributed by atoms with Crippen LogP contribution in [0.15, 0.2) is 30.3 Å². The van der Waals surface area contributed by atoms with Crippen LogP contribution < -0.4 is 0 Å². The van der Waals surface area contributed by atoms with Crippen molar-refractivity contribution in [3.05, 3.63) is 41.7 Å². The van der Waals surface area contributed by atoms with Crippen LogP contribution in [0, 0.1) is 5.92 Å². The molecule has 1 aromatic carbocycles. The molecule has 0 amide bonds. The van der Waals surface area contributed by atoms with Gasteiger partial charge in [0.2, 0.25) is 0 Å². The maximum Gasteiger partial charge on any atom is 0.303 e. The number of aromatic nitrogens is 4. The van der Waals surface area contributed by atoms with Crippen molar-refractivity contribution in [1.82, 2.24) is 20.2 Å². The Bertz CT molecular complexity index is 585. The molecule has 1 N–H and O–H groups in total. The first kappa shape index (κ1) is 15.1. The van der Waals surface area contributed by atoms with E-state index in [2.05, 4.69) is 15.5 Å². The summed E-state index contributed by atoms with van der Waals surface area (Å²) in [7, 11) is 1.59. The lowest BCUT2D eigenvalue weighted by molar-refractivity contribution is -0.138. The first-order valence-electron chi connectivity index (χ1n) is 6.67. The lowest BCUT2D eigenvalue weighted by Gasteiger charge is -2.16. The first-order valence-corrected chi connectivity index (χ1v) is 6.67. The zero-order valence-electron chi connectivity index (χ0n) is 12.0. The molecule has 7 heteroatoms. The van der Waals surface area contributed by atoms with Gasteiger partial charge in [0.05, 0.1) is 0 Å². The highest BCUT2D eigenvalue weighted by molar-refractivity contribution is 5.66. The van der Waals surface area contributed by atoms with Gasteiger partial charge in [0, 0.05) is 20.1 Å². The summed E-state index contributed by atoms with van der Waals surface area (Å²) in [5, 5.41) is 20.5. The molecule has 2 atom stereocenters. The number of nitrogens with zero attached hydrogens (tertiary/aromatic N) is 4. The third-order valence-electron chi connectivity index (χ3n) is 3.14. The van der Waals surface area contributed by atoms with Crippen molar-refractivity contribution < 1.29 is 14.6 Å². The number of methoxy groups -OCH3 is 1. The molecule has 1 aromatic heterocycles. The second kappa shape index (κ2) is 6.94. The van der Waals surface area contributed by atoms with Crippen molar-refractivity contribution in [3.63, 3.8) is 0 Å². The van der Waals surface area contributed by atoms with Gasteiger partial charge in [-0.25, -0.2) is 4.68 Å². The van der Waals surface area contributed by atoms with Crippen LogP contribution in [-0.2, 0) is 16.1 Å². The molecule has 0 spiro atoms. The quantitative estimate of drug-likeness (QED) is 0.831. The van der Waals surface area contributed by atoms with Crippen LogP contribution in [0.4, 0.5) is 0 Å². The Morgan fingerprint density at radius 2 is 2.10 bits per heavy atom. The molecule has 1 heterocycles. The van der Waals surface area contributed by atoms with Crippen LogP contribution in [0.1, 0.15) is 30.8 Å². The molecular weight excluding hydrogens is 272 g/mol. The predicted octanol–water partition coefficient (Wildman–Crippen LogP) is 1.52. The van der Waals surface area contributed by atoms with E-state index in [-0.39, 0.29) is 18.4 Å². The number of hydrogen-bond donors (Lipinski definition) is 1. The zero-order chi connectivity index (χ0) is 15.2. The summed E-state index contributed by atoms with van der Waals surface area (Å²) in [6, 6.07) is 9.64. The standard InChI is InChI=1S/C14H18N4O3/c1-10(8-12(19)20)9-18-14(15-16-17-18)13(21-2)11-6-4-3-5-7-11/h3-7,10,13H,8-9H2,1-2H3,(H,19,20). The maximum atomic E-state index is 10.7. The van der Waals surface area contributed by atoms with Gasteiger partial charge in [-0.05, 0) is 21.9 Å². The van der Waals surface area contributed by atoms with Crippen LogP contribution in [0.3, 0.4) is 0 Å². The lowest BCUT2D eigenvalue weighted by Crippen LogP contribution is -2.18. The third-order valence-corrected chi connectivity index (χ3v) is 3.14. The fourth-order valence-corrected chi connectivity index (χ4v) is 2.21. The molecule has 2 rings (SSSR count). The highest BCUT2D eigenvalue weighted by Gasteiger charge is 2.22. The Morgan fingerprint density at radius 1 is 1.38 bits per heavy atom. The number of ether oxygens (including phenoxy) is 1. The number of rotatable bonds is 7. The molecule has 0 saturated carbocycles. The van der Waals surface area contributed by atoms with Crippen molar-refractivity contribution in [1.29, 1.82) is 0 Å². The summed E-state index contributed by atoms with van der Waals surface area (Å²) in [6.07, 6.45) is -0.305. The van der Waals surface area contributed by atoms with E-state index >= 15 is 0 Å². The fourth-order valence-electron chi connectivity index (χ4n) is 2.21. The van der Waals surface area contributed by atoms with Crippen LogP contribution in [0.25, 0.3) is 0 Å². The molecule has 0 aliphatic rings. The van der Waals surface area contributed by atoms with E-state index in [1.165, 1.54) is 0 Å². The van der Waals surface area contributed by atoms with Gasteiger partial charge in [-0.3, -0.25) is 4.79 Å². The minimum atomic E-state index is -0.830. The van der Waals surface area contributed by atoms with Crippen molar-refractivity contribution in [3.8, 4) is 0 Å². The molecule has 0 radical (unpaired) electrons. The van der Waals surface area contributed by atoms with Gasteiger partial charge < -0.3 is 9.84 Å². The SMILES string of the molecule is COC(c1ccccc1)c1nnnn1CC(C)CC(=O)O. The molecule has 0 fully saturated rings. The largest absolute Gasteiger partial charge is 0.481 e. The van der Waals surface area contributed by atoms with Gasteiger partial charge >= 0.3 is 5.97 Å². The topological polar surface area (TPSA) is 90.1 Å². The van der Waals surface area contributed by atoms with E-state index in [9.17, 15) is 4.79 Å². The monoisotopic (exact) mass is 290 g/mol. The van der Waals surface area contributed by atoms with Crippen molar-refractivity contribution in [2.75, 3.05) is 7.11 Å². The van der Waals surface area contributed by atoms with Crippen LogP contribution in [0.2, 0.25) is 0 Å². The van der Waals surface area contributed by atoms with E-state index in [1.54, 1.807) is 11.8 Å². The highest BCUT2D eigenvalue weighted by Crippen LogP contribution is 2.23. The molecule has 112 valence electrons. The van der Waals surface area contributed by atoms with E-state index < -0.39 is 5.97 Å². The summed E-state index contributed by atoms with van der Waals surface area (Å²) in [6.45, 7) is 2.28. The average Bonchev–Trinajstić information content (AvgIpc) is 2.88. The van der Waals surface area contributed by atoms with Crippen LogP contribution in [0.5, 0.6) is 0 Å². The number of benzene rings is 1. The Balaban J connectivity index is 2.20. The molecule has 2 aromatic rings. The molecule has 0 bridgehead atoms. The number of tetrazole rings is 1. The predicted molar refractivity (Wildman–Crippen MR) is 74.5 cm³/mol. The molecule has 0 saturated heterocycles. The Morgan fingerprint density at radius 3 is 2.71 bits per heavy atom. The van der Waals surface area contributed by atoms with Gasteiger partial charge in [0.1, 0.15) is 6.10 Å². The highest BCUT2D eigenvalue weighted by atomic mass is 16.5. The van der Waals surface area contributed by atoms with Crippen LogP contribution >= 0.6 is 0 Å². The summed E-state index contributed by atoms with van der Waals surface area (Å²) in [5.74, 6) is -0.331. The summed E-state index contributed by atoms with van der Waals surface area (Å²) >= 11 is 0. The Labute approximate surface area is 122 Å². The zero-order valence-corrected chi connectivity index (χ0v) is 12.0. The molecule has 0 aliphatic heterocycles. The maximum absolute atomic E-state index is 10.7. The van der Waals surface area contributed by atoms with Crippen LogP contribution in [-0.4, -0.2) is 38.4 Å². The van der Waals surface area contributed by atoms with E-state index in [0.717, 1.165) is 5.56 Å². The number of hydrogen-bond acceptors (Lipinski definition) is 5. The summed E-state index contributed by atoms with van der Waals surface area (Å²) in [4.78, 5) is 10.7. The first-order chi connectivity index (χ1) is 10.1. The number of aliphatic carboxylic acids is 1. The smallest absolute Gasteiger partial charge is 0.303 e. The summed E-state index contributed by atoms with van der Waals surface area (Å²) in [5.41, 5.74) is 0.946. The lowest BCUT2D eigenvalue weighted by atomic mass is 10.1. The van der Waals surface area contributed by atoms with Crippen molar-refractivity contribution in [2.24, 2.45) is 5.92 Å². The van der Waals surface area contributed by atoms with Crippen molar-refractivity contribution in [2.45, 2.75) is 26.0 Å². The molecule has 2 unspecified atom stereocenters. The second-order valence-corrected chi connectivity index (χ2v) is 4.95. The summed E-state index contributed by atoms with van der Waals surface area (Å²) < 4.78 is 7.11. The van der Waals surface area contributed by atoms with Gasteiger partial charge in [-0.2, -0.15) is 0 Å². The van der Waals surface area contributed by atoms with Gasteiger partial charge in [0.25, 0.3) is 0 Å². The Kier molecular flexibility index (Phi) is 4.99. The number of carboxylic acid groups (broad SMARTS) is 1. The van der Waals surface area contributed by atoms with Crippen molar-refractivity contribution >= 4 is 5.97 Å². The van der Waals surface area contributed by atoms with Gasteiger partial charge in [0.15, 0.2) is 5.82 Å². The third kappa shape index (κ3) is 3.85. The van der Waals surface area contributed by atoms with Gasteiger partial charge in [-0.15, -0.1) is 5.10 Å². The number of carboxylic acids is 1. The normalized spacial score (nSPS) is 13.8. The molecule has 0 aliphatic carbocycles. The fraction of sp³-hybridized carbons (Fsp3) is 0.429. The van der Waals surface area contributed by atoms with E-state index in [4.69, 9.17) is 9.84 Å². The van der Waals surface area contributed by atoms with Gasteiger partial charge in [-0.1, -0.05) is 37.3 Å². The van der Waals surface area contributed by atoms with E-state index in [0.29, 0.717) is 12.4 Å². The molecule has 7 nitrogen and oxygen atoms in total. The minimum Gasteiger partial charge on any atom is -0.481 e. The van der Waals surface area contributed by atoms with E-state index in [1.807, 2.05) is 37.3 Å². The average molecular weight is 290 g/mol. The molecule has 21 heavy (non-hydrogen) atoms. The second-order valence-electron chi connectivity index (χ2n) is 4.95. The molecular formula is C14H18N4O3. The minimum absolute atomic E-state index is 0.0713. The number of carbonyl (C=O) groups is 1. The Hall–Kier alpha value is -2.28.